The molecule has 0 saturated heterocycles. The Hall–Kier alpha value is -2.94. The molecule has 0 saturated carbocycles. The van der Waals surface area contributed by atoms with E-state index in [2.05, 4.69) is 20.0 Å². The first-order valence-corrected chi connectivity index (χ1v) is 10.3. The van der Waals surface area contributed by atoms with Crippen LogP contribution in [0, 0.1) is 0 Å². The van der Waals surface area contributed by atoms with Gasteiger partial charge in [-0.25, -0.2) is 8.42 Å². The molecule has 0 unspecified atom stereocenters. The number of benzene rings is 2. The Kier molecular flexibility index (Phi) is 6.48. The molecule has 1 aromatic heterocycles. The van der Waals surface area contributed by atoms with Crippen molar-refractivity contribution < 1.29 is 13.2 Å². The maximum Gasteiger partial charge on any atom is 0.248 e. The lowest BCUT2D eigenvalue weighted by atomic mass is 10.2. The van der Waals surface area contributed by atoms with E-state index in [-0.39, 0.29) is 10.8 Å². The number of halogens is 2. The molecule has 0 spiro atoms. The number of amides is 1. The van der Waals surface area contributed by atoms with E-state index in [0.29, 0.717) is 21.3 Å². The quantitative estimate of drug-likeness (QED) is 0.544. The standard InChI is InChI=1S/C19H14Cl2N4O3S/c20-16-3-1-4-17(21)15(16)9-10-18(26)24-13-5-7-14(8-6-13)29(27,28)25-19-22-11-2-12-23-19/h1-12H,(H2,22,23,24,25,26)/p-1. The molecular formula is C19H13Cl2N4O3S-. The van der Waals surface area contributed by atoms with Crippen LogP contribution in [0.5, 0.6) is 0 Å². The summed E-state index contributed by atoms with van der Waals surface area (Å²) in [6, 6.07) is 12.1. The summed E-state index contributed by atoms with van der Waals surface area (Å²) in [5.41, 5.74) is 0.928. The van der Waals surface area contributed by atoms with Crippen LogP contribution in [-0.4, -0.2) is 24.3 Å². The highest BCUT2D eigenvalue weighted by atomic mass is 35.5. The molecule has 1 N–H and O–H groups in total. The molecule has 1 amide bonds. The minimum Gasteiger partial charge on any atom is -0.366 e. The van der Waals surface area contributed by atoms with Crippen molar-refractivity contribution in [1.29, 1.82) is 0 Å². The molecule has 1 heterocycles. The van der Waals surface area contributed by atoms with Gasteiger partial charge in [-0.3, -0.25) is 9.52 Å². The van der Waals surface area contributed by atoms with Crippen LogP contribution in [0.25, 0.3) is 10.8 Å². The maximum absolute atomic E-state index is 12.3. The molecule has 10 heteroatoms. The van der Waals surface area contributed by atoms with Crippen molar-refractivity contribution in [3.8, 4) is 0 Å². The summed E-state index contributed by atoms with van der Waals surface area (Å²) >= 11 is 12.1. The van der Waals surface area contributed by atoms with Crippen LogP contribution < -0.4 is 5.32 Å². The summed E-state index contributed by atoms with van der Waals surface area (Å²) in [6.07, 6.45) is 5.56. The van der Waals surface area contributed by atoms with Gasteiger partial charge in [-0.15, -0.1) is 0 Å². The number of nitrogens with zero attached hydrogens (tertiary/aromatic N) is 3. The molecule has 29 heavy (non-hydrogen) atoms. The van der Waals surface area contributed by atoms with E-state index in [1.165, 1.54) is 48.8 Å². The topological polar surface area (TPSA) is 103 Å². The number of sulfonamides is 1. The number of nitrogens with one attached hydrogen (secondary N) is 1. The third-order valence-electron chi connectivity index (χ3n) is 3.57. The van der Waals surface area contributed by atoms with Crippen LogP contribution in [0.3, 0.4) is 0 Å². The predicted octanol–water partition coefficient (Wildman–Crippen LogP) is 4.83. The van der Waals surface area contributed by atoms with Gasteiger partial charge in [-0.2, -0.15) is 0 Å². The molecule has 3 rings (SSSR count). The summed E-state index contributed by atoms with van der Waals surface area (Å²) < 4.78 is 28.1. The highest BCUT2D eigenvalue weighted by Crippen LogP contribution is 2.26. The van der Waals surface area contributed by atoms with E-state index >= 15 is 0 Å². The lowest BCUT2D eigenvalue weighted by Gasteiger charge is -2.12. The Labute approximate surface area is 177 Å². The van der Waals surface area contributed by atoms with E-state index in [0.717, 1.165) is 0 Å². The van der Waals surface area contributed by atoms with Gasteiger partial charge in [0.15, 0.2) is 0 Å². The fraction of sp³-hybridized carbons (Fsp3) is 0. The number of aromatic nitrogens is 2. The largest absolute Gasteiger partial charge is 0.366 e. The number of hydrogen-bond donors (Lipinski definition) is 1. The van der Waals surface area contributed by atoms with Crippen molar-refractivity contribution in [2.75, 3.05) is 5.32 Å². The molecule has 0 atom stereocenters. The highest BCUT2D eigenvalue weighted by Gasteiger charge is 2.12. The number of rotatable bonds is 6. The molecule has 148 valence electrons. The second kappa shape index (κ2) is 9.04. The number of carbonyl (C=O) groups is 1. The predicted molar refractivity (Wildman–Crippen MR) is 113 cm³/mol. The molecule has 0 fully saturated rings. The van der Waals surface area contributed by atoms with Gasteiger partial charge in [0.25, 0.3) is 0 Å². The molecule has 0 aliphatic rings. The van der Waals surface area contributed by atoms with Gasteiger partial charge in [-0.1, -0.05) is 35.3 Å². The first-order valence-electron chi connectivity index (χ1n) is 8.13. The molecule has 0 bridgehead atoms. The van der Waals surface area contributed by atoms with Gasteiger partial charge in [-0.05, 0) is 54.9 Å². The zero-order valence-corrected chi connectivity index (χ0v) is 17.0. The zero-order valence-electron chi connectivity index (χ0n) is 14.7. The van der Waals surface area contributed by atoms with E-state index in [4.69, 9.17) is 23.2 Å². The smallest absolute Gasteiger partial charge is 0.248 e. The minimum atomic E-state index is -3.97. The number of anilines is 1. The zero-order chi connectivity index (χ0) is 20.9. The van der Waals surface area contributed by atoms with Crippen LogP contribution in [0.2, 0.25) is 10.0 Å². The highest BCUT2D eigenvalue weighted by molar-refractivity contribution is 7.94. The Balaban J connectivity index is 1.67. The lowest BCUT2D eigenvalue weighted by Crippen LogP contribution is -2.08. The fourth-order valence-electron chi connectivity index (χ4n) is 2.22. The average Bonchev–Trinajstić information content (AvgIpc) is 2.68. The first kappa shape index (κ1) is 20.8. The van der Waals surface area contributed by atoms with Crippen molar-refractivity contribution in [2.45, 2.75) is 4.90 Å². The van der Waals surface area contributed by atoms with Gasteiger partial charge in [0.1, 0.15) is 0 Å². The second-order valence-corrected chi connectivity index (χ2v) is 8.02. The summed E-state index contributed by atoms with van der Waals surface area (Å²) in [6.45, 7) is 0. The third-order valence-corrected chi connectivity index (χ3v) is 5.51. The van der Waals surface area contributed by atoms with Crippen molar-refractivity contribution in [2.24, 2.45) is 0 Å². The molecule has 3 aromatic rings. The molecule has 0 aliphatic heterocycles. The summed E-state index contributed by atoms with van der Waals surface area (Å²) in [4.78, 5) is 19.6. The first-order chi connectivity index (χ1) is 13.8. The normalized spacial score (nSPS) is 11.4. The van der Waals surface area contributed by atoms with Crippen molar-refractivity contribution in [3.63, 3.8) is 0 Å². The van der Waals surface area contributed by atoms with E-state index < -0.39 is 15.9 Å². The summed E-state index contributed by atoms with van der Waals surface area (Å²) in [5, 5.41) is 3.45. The Bertz CT molecular complexity index is 1130. The van der Waals surface area contributed by atoms with Crippen LogP contribution in [-0.2, 0) is 14.8 Å². The van der Waals surface area contributed by atoms with Crippen LogP contribution >= 0.6 is 23.2 Å². The number of hydrogen-bond acceptors (Lipinski definition) is 5. The Morgan fingerprint density at radius 1 is 0.966 bits per heavy atom. The van der Waals surface area contributed by atoms with Gasteiger partial charge >= 0.3 is 0 Å². The maximum atomic E-state index is 12.3. The molecule has 0 radical (unpaired) electrons. The summed E-state index contributed by atoms with van der Waals surface area (Å²) in [7, 11) is -3.97. The molecule has 2 aromatic carbocycles. The van der Waals surface area contributed by atoms with E-state index in [9.17, 15) is 13.2 Å². The van der Waals surface area contributed by atoms with Crippen molar-refractivity contribution >= 4 is 56.8 Å². The van der Waals surface area contributed by atoms with Crippen LogP contribution in [0.4, 0.5) is 11.6 Å². The SMILES string of the molecule is O=C(C=Cc1c(Cl)cccc1Cl)Nc1ccc(S(=O)(=O)[N-]c2ncccn2)cc1. The fourth-order valence-corrected chi connectivity index (χ4v) is 3.64. The molecular weight excluding hydrogens is 435 g/mol. The van der Waals surface area contributed by atoms with Gasteiger partial charge < -0.3 is 15.3 Å². The average molecular weight is 448 g/mol. The molecule has 7 nitrogen and oxygen atoms in total. The number of carbonyl (C=O) groups excluding carboxylic acids is 1. The lowest BCUT2D eigenvalue weighted by molar-refractivity contribution is -0.111. The van der Waals surface area contributed by atoms with Gasteiger partial charge in [0.2, 0.25) is 15.9 Å². The minimum absolute atomic E-state index is 0.0543. The van der Waals surface area contributed by atoms with Crippen LogP contribution in [0.1, 0.15) is 5.56 Å². The Morgan fingerprint density at radius 3 is 2.21 bits per heavy atom. The van der Waals surface area contributed by atoms with Crippen LogP contribution in [0.15, 0.2) is 71.9 Å². The van der Waals surface area contributed by atoms with Crippen molar-refractivity contribution in [3.05, 3.63) is 87.3 Å². The molecule has 0 aliphatic carbocycles. The monoisotopic (exact) mass is 447 g/mol. The second-order valence-electron chi connectivity index (χ2n) is 5.60. The van der Waals surface area contributed by atoms with Gasteiger partial charge in [0, 0.05) is 33.3 Å². The van der Waals surface area contributed by atoms with Crippen molar-refractivity contribution in [1.82, 2.24) is 9.97 Å². The Morgan fingerprint density at radius 2 is 1.59 bits per heavy atom. The third kappa shape index (κ3) is 5.54. The van der Waals surface area contributed by atoms with Gasteiger partial charge in [0.05, 0.1) is 4.90 Å². The summed E-state index contributed by atoms with van der Waals surface area (Å²) in [5.74, 6) is -0.591. The van der Waals surface area contributed by atoms with E-state index in [1.54, 1.807) is 24.3 Å². The van der Waals surface area contributed by atoms with E-state index in [1.807, 2.05) is 0 Å².